The number of esters is 1. The molecule has 0 bridgehead atoms. The Balaban J connectivity index is 1.96. The van der Waals surface area contributed by atoms with Crippen molar-refractivity contribution in [2.75, 3.05) is 7.11 Å². The SMILES string of the molecule is COC(=O)c1cc(-c2ccc3ccccc3c2)nc2ccccc12. The third kappa shape index (κ3) is 2.40. The predicted octanol–water partition coefficient (Wildman–Crippen LogP) is 4.84. The Hall–Kier alpha value is -3.20. The van der Waals surface area contributed by atoms with Gasteiger partial charge >= 0.3 is 5.97 Å². The molecule has 3 aromatic carbocycles. The first-order valence-electron chi connectivity index (χ1n) is 7.73. The Kier molecular flexibility index (Phi) is 3.47. The lowest BCUT2D eigenvalue weighted by Gasteiger charge is -2.09. The number of fused-ring (bicyclic) bond motifs is 2. The van der Waals surface area contributed by atoms with Gasteiger partial charge < -0.3 is 4.74 Å². The number of nitrogens with zero attached hydrogens (tertiary/aromatic N) is 1. The lowest BCUT2D eigenvalue weighted by molar-refractivity contribution is 0.0603. The number of benzene rings is 3. The quantitative estimate of drug-likeness (QED) is 0.497. The number of pyridine rings is 1. The summed E-state index contributed by atoms with van der Waals surface area (Å²) in [5.74, 6) is -0.351. The number of methoxy groups -OCH3 is 1. The van der Waals surface area contributed by atoms with Gasteiger partial charge in [0, 0.05) is 10.9 Å². The monoisotopic (exact) mass is 313 g/mol. The Morgan fingerprint density at radius 2 is 1.62 bits per heavy atom. The smallest absolute Gasteiger partial charge is 0.338 e. The van der Waals surface area contributed by atoms with Crippen LogP contribution in [0.1, 0.15) is 10.4 Å². The molecule has 0 spiro atoms. The molecule has 0 saturated carbocycles. The van der Waals surface area contributed by atoms with Crippen molar-refractivity contribution in [2.24, 2.45) is 0 Å². The number of hydrogen-bond acceptors (Lipinski definition) is 3. The van der Waals surface area contributed by atoms with Gasteiger partial charge in [0.05, 0.1) is 23.9 Å². The van der Waals surface area contributed by atoms with E-state index < -0.39 is 0 Å². The minimum Gasteiger partial charge on any atom is -0.465 e. The molecule has 3 nitrogen and oxygen atoms in total. The average molecular weight is 313 g/mol. The molecule has 0 radical (unpaired) electrons. The van der Waals surface area contributed by atoms with Crippen molar-refractivity contribution >= 4 is 27.6 Å². The highest BCUT2D eigenvalue weighted by Crippen LogP contribution is 2.27. The number of carbonyl (C=O) groups is 1. The molecule has 4 aromatic rings. The number of carbonyl (C=O) groups excluding carboxylic acids is 1. The standard InChI is InChI=1S/C21H15NO2/c1-24-21(23)18-13-20(22-19-9-5-4-8-17(18)19)16-11-10-14-6-2-3-7-15(14)12-16/h2-13H,1H3. The van der Waals surface area contributed by atoms with Crippen molar-refractivity contribution in [1.82, 2.24) is 4.98 Å². The second-order valence-electron chi connectivity index (χ2n) is 5.63. The molecule has 0 amide bonds. The number of para-hydroxylation sites is 1. The van der Waals surface area contributed by atoms with Crippen molar-refractivity contribution in [1.29, 1.82) is 0 Å². The Labute approximate surface area is 139 Å². The summed E-state index contributed by atoms with van der Waals surface area (Å²) in [7, 11) is 1.40. The van der Waals surface area contributed by atoms with Crippen LogP contribution in [0, 0.1) is 0 Å². The second-order valence-corrected chi connectivity index (χ2v) is 5.63. The summed E-state index contributed by atoms with van der Waals surface area (Å²) >= 11 is 0. The van der Waals surface area contributed by atoms with Crippen LogP contribution in [0.25, 0.3) is 32.9 Å². The topological polar surface area (TPSA) is 39.2 Å². The minimum absolute atomic E-state index is 0.351. The molecule has 0 unspecified atom stereocenters. The van der Waals surface area contributed by atoms with Gasteiger partial charge in [0.1, 0.15) is 0 Å². The highest BCUT2D eigenvalue weighted by atomic mass is 16.5. The fraction of sp³-hybridized carbons (Fsp3) is 0.0476. The van der Waals surface area contributed by atoms with Gasteiger partial charge in [-0.25, -0.2) is 9.78 Å². The molecule has 1 aromatic heterocycles. The second kappa shape index (κ2) is 5.78. The first kappa shape index (κ1) is 14.4. The Morgan fingerprint density at radius 1 is 0.875 bits per heavy atom. The van der Waals surface area contributed by atoms with E-state index in [1.54, 1.807) is 6.07 Å². The summed E-state index contributed by atoms with van der Waals surface area (Å²) in [5, 5.41) is 3.12. The summed E-state index contributed by atoms with van der Waals surface area (Å²) in [6.07, 6.45) is 0. The number of aromatic nitrogens is 1. The Bertz CT molecular complexity index is 1070. The maximum absolute atomic E-state index is 12.2. The number of rotatable bonds is 2. The summed E-state index contributed by atoms with van der Waals surface area (Å²) < 4.78 is 4.94. The van der Waals surface area contributed by atoms with Crippen LogP contribution in [0.2, 0.25) is 0 Å². The van der Waals surface area contributed by atoms with Crippen LogP contribution in [0.3, 0.4) is 0 Å². The van der Waals surface area contributed by atoms with Crippen LogP contribution < -0.4 is 0 Å². The van der Waals surface area contributed by atoms with Crippen LogP contribution in [0.15, 0.2) is 72.8 Å². The first-order chi connectivity index (χ1) is 11.8. The van der Waals surface area contributed by atoms with Gasteiger partial charge in [0.2, 0.25) is 0 Å². The number of ether oxygens (including phenoxy) is 1. The lowest BCUT2D eigenvalue weighted by Crippen LogP contribution is -2.03. The van der Waals surface area contributed by atoms with E-state index >= 15 is 0 Å². The van der Waals surface area contributed by atoms with E-state index in [9.17, 15) is 4.79 Å². The van der Waals surface area contributed by atoms with E-state index in [-0.39, 0.29) is 5.97 Å². The van der Waals surface area contributed by atoms with E-state index in [0.717, 1.165) is 27.5 Å². The van der Waals surface area contributed by atoms with Gasteiger partial charge in [0.25, 0.3) is 0 Å². The molecular weight excluding hydrogens is 298 g/mol. The summed E-state index contributed by atoms with van der Waals surface area (Å²) in [6, 6.07) is 23.8. The van der Waals surface area contributed by atoms with Crippen LogP contribution >= 0.6 is 0 Å². The van der Waals surface area contributed by atoms with Gasteiger partial charge in [-0.15, -0.1) is 0 Å². The van der Waals surface area contributed by atoms with Crippen molar-refractivity contribution in [3.05, 3.63) is 78.4 Å². The van der Waals surface area contributed by atoms with Crippen molar-refractivity contribution in [2.45, 2.75) is 0 Å². The van der Waals surface area contributed by atoms with Gasteiger partial charge in [-0.3, -0.25) is 0 Å². The maximum atomic E-state index is 12.2. The van der Waals surface area contributed by atoms with Gasteiger partial charge in [0.15, 0.2) is 0 Å². The van der Waals surface area contributed by atoms with E-state index in [0.29, 0.717) is 5.56 Å². The summed E-state index contributed by atoms with van der Waals surface area (Å²) in [4.78, 5) is 16.9. The zero-order valence-electron chi connectivity index (χ0n) is 13.2. The molecular formula is C21H15NO2. The zero-order chi connectivity index (χ0) is 16.5. The Morgan fingerprint density at radius 3 is 2.46 bits per heavy atom. The first-order valence-corrected chi connectivity index (χ1v) is 7.73. The fourth-order valence-electron chi connectivity index (χ4n) is 2.95. The maximum Gasteiger partial charge on any atom is 0.338 e. The molecule has 0 aliphatic heterocycles. The third-order valence-corrected chi connectivity index (χ3v) is 4.17. The highest BCUT2D eigenvalue weighted by molar-refractivity contribution is 6.04. The summed E-state index contributed by atoms with van der Waals surface area (Å²) in [5.41, 5.74) is 3.05. The van der Waals surface area contributed by atoms with Crippen LogP contribution in [0.5, 0.6) is 0 Å². The predicted molar refractivity (Wildman–Crippen MR) is 96.0 cm³/mol. The van der Waals surface area contributed by atoms with Gasteiger partial charge in [-0.2, -0.15) is 0 Å². The van der Waals surface area contributed by atoms with E-state index in [1.165, 1.54) is 12.5 Å². The molecule has 24 heavy (non-hydrogen) atoms. The van der Waals surface area contributed by atoms with Crippen LogP contribution in [0.4, 0.5) is 0 Å². The zero-order valence-corrected chi connectivity index (χ0v) is 13.2. The minimum atomic E-state index is -0.351. The molecule has 0 aliphatic rings. The molecule has 0 N–H and O–H groups in total. The molecule has 3 heteroatoms. The summed E-state index contributed by atoms with van der Waals surface area (Å²) in [6.45, 7) is 0. The normalized spacial score (nSPS) is 10.9. The van der Waals surface area contributed by atoms with E-state index in [1.807, 2.05) is 42.5 Å². The van der Waals surface area contributed by atoms with Gasteiger partial charge in [-0.05, 0) is 29.0 Å². The van der Waals surface area contributed by atoms with Crippen molar-refractivity contribution in [3.63, 3.8) is 0 Å². The molecule has 4 rings (SSSR count). The van der Waals surface area contributed by atoms with Crippen LogP contribution in [-0.4, -0.2) is 18.1 Å². The molecule has 0 aliphatic carbocycles. The third-order valence-electron chi connectivity index (χ3n) is 4.17. The largest absolute Gasteiger partial charge is 0.465 e. The van der Waals surface area contributed by atoms with E-state index in [4.69, 9.17) is 9.72 Å². The molecule has 0 atom stereocenters. The number of hydrogen-bond donors (Lipinski definition) is 0. The molecule has 1 heterocycles. The van der Waals surface area contributed by atoms with Crippen molar-refractivity contribution < 1.29 is 9.53 Å². The lowest BCUT2D eigenvalue weighted by atomic mass is 10.0. The average Bonchev–Trinajstić information content (AvgIpc) is 2.66. The fourth-order valence-corrected chi connectivity index (χ4v) is 2.95. The van der Waals surface area contributed by atoms with Crippen LogP contribution in [-0.2, 0) is 4.74 Å². The highest BCUT2D eigenvalue weighted by Gasteiger charge is 2.14. The van der Waals surface area contributed by atoms with E-state index in [2.05, 4.69) is 24.3 Å². The van der Waals surface area contributed by atoms with Gasteiger partial charge in [-0.1, -0.05) is 54.6 Å². The molecule has 116 valence electrons. The van der Waals surface area contributed by atoms with Crippen molar-refractivity contribution in [3.8, 4) is 11.3 Å². The molecule has 0 saturated heterocycles. The molecule has 0 fully saturated rings.